The normalized spacial score (nSPS) is 14.4. The van der Waals surface area contributed by atoms with Crippen molar-refractivity contribution in [3.63, 3.8) is 0 Å². The molecular formula is C27H23F3N4O. The van der Waals surface area contributed by atoms with Crippen LogP contribution in [0.15, 0.2) is 72.8 Å². The third kappa shape index (κ3) is 4.82. The van der Waals surface area contributed by atoms with Gasteiger partial charge in [-0.1, -0.05) is 42.5 Å². The van der Waals surface area contributed by atoms with Crippen LogP contribution in [0.5, 0.6) is 0 Å². The van der Waals surface area contributed by atoms with Gasteiger partial charge in [0, 0.05) is 49.1 Å². The number of aryl methyl sites for hydroxylation is 1. The second-order valence-corrected chi connectivity index (χ2v) is 8.61. The van der Waals surface area contributed by atoms with E-state index < -0.39 is 11.7 Å². The molecule has 0 saturated carbocycles. The van der Waals surface area contributed by atoms with E-state index in [1.54, 1.807) is 0 Å². The Labute approximate surface area is 200 Å². The molecule has 1 saturated heterocycles. The minimum absolute atomic E-state index is 0.000264. The molecule has 0 bridgehead atoms. The largest absolute Gasteiger partial charge is 0.416 e. The van der Waals surface area contributed by atoms with Gasteiger partial charge < -0.3 is 9.80 Å². The molecule has 0 aliphatic carbocycles. The SMILES string of the molecule is Cc1cc(N2CCN(C(=O)c3ccc4ccccc4c3)CC2)nc(-c2ccc(C(F)(F)F)cc2)n1. The number of hydrogen-bond acceptors (Lipinski definition) is 4. The number of fused-ring (bicyclic) bond motifs is 1. The van der Waals surface area contributed by atoms with Gasteiger partial charge >= 0.3 is 6.18 Å². The van der Waals surface area contributed by atoms with Crippen LogP contribution >= 0.6 is 0 Å². The zero-order valence-corrected chi connectivity index (χ0v) is 19.1. The average molecular weight is 477 g/mol. The van der Waals surface area contributed by atoms with Gasteiger partial charge in [0.1, 0.15) is 5.82 Å². The summed E-state index contributed by atoms with van der Waals surface area (Å²) < 4.78 is 38.7. The molecule has 1 fully saturated rings. The van der Waals surface area contributed by atoms with Crippen molar-refractivity contribution in [2.45, 2.75) is 13.1 Å². The first-order valence-corrected chi connectivity index (χ1v) is 11.3. The maximum Gasteiger partial charge on any atom is 0.416 e. The van der Waals surface area contributed by atoms with Crippen molar-refractivity contribution in [3.05, 3.63) is 89.6 Å². The highest BCUT2D eigenvalue weighted by Gasteiger charge is 2.30. The van der Waals surface area contributed by atoms with Crippen LogP contribution in [-0.4, -0.2) is 47.0 Å². The highest BCUT2D eigenvalue weighted by molar-refractivity contribution is 5.98. The maximum absolute atomic E-state index is 13.1. The molecular weight excluding hydrogens is 453 g/mol. The van der Waals surface area contributed by atoms with E-state index in [9.17, 15) is 18.0 Å². The first kappa shape index (κ1) is 22.8. The lowest BCUT2D eigenvalue weighted by molar-refractivity contribution is -0.137. The molecule has 0 N–H and O–H groups in total. The summed E-state index contributed by atoms with van der Waals surface area (Å²) >= 11 is 0. The number of carbonyl (C=O) groups excluding carboxylic acids is 1. The van der Waals surface area contributed by atoms with Crippen molar-refractivity contribution in [1.82, 2.24) is 14.9 Å². The Morgan fingerprint density at radius 1 is 0.829 bits per heavy atom. The second kappa shape index (κ2) is 9.02. The number of benzene rings is 3. The monoisotopic (exact) mass is 476 g/mol. The van der Waals surface area contributed by atoms with Gasteiger partial charge in [-0.2, -0.15) is 13.2 Å². The number of carbonyl (C=O) groups is 1. The number of anilines is 1. The maximum atomic E-state index is 13.1. The van der Waals surface area contributed by atoms with E-state index in [-0.39, 0.29) is 5.91 Å². The van der Waals surface area contributed by atoms with E-state index in [4.69, 9.17) is 0 Å². The van der Waals surface area contributed by atoms with Crippen LogP contribution in [0.3, 0.4) is 0 Å². The Bertz CT molecular complexity index is 1380. The Kier molecular flexibility index (Phi) is 5.88. The van der Waals surface area contributed by atoms with Gasteiger partial charge in [0.05, 0.1) is 5.56 Å². The molecule has 5 nitrogen and oxygen atoms in total. The van der Waals surface area contributed by atoms with E-state index >= 15 is 0 Å². The third-order valence-electron chi connectivity index (χ3n) is 6.20. The second-order valence-electron chi connectivity index (χ2n) is 8.61. The van der Waals surface area contributed by atoms with Gasteiger partial charge in [-0.3, -0.25) is 4.79 Å². The Balaban J connectivity index is 1.30. The summed E-state index contributed by atoms with van der Waals surface area (Å²) in [5, 5.41) is 2.13. The zero-order chi connectivity index (χ0) is 24.6. The van der Waals surface area contributed by atoms with Crippen molar-refractivity contribution in [2.75, 3.05) is 31.1 Å². The first-order chi connectivity index (χ1) is 16.8. The molecule has 1 amide bonds. The average Bonchev–Trinajstić information content (AvgIpc) is 2.87. The molecule has 35 heavy (non-hydrogen) atoms. The van der Waals surface area contributed by atoms with Crippen molar-refractivity contribution < 1.29 is 18.0 Å². The highest BCUT2D eigenvalue weighted by atomic mass is 19.4. The van der Waals surface area contributed by atoms with Gasteiger partial charge in [0.25, 0.3) is 5.91 Å². The van der Waals surface area contributed by atoms with Crippen LogP contribution in [-0.2, 0) is 6.18 Å². The number of nitrogens with zero attached hydrogens (tertiary/aromatic N) is 4. The van der Waals surface area contributed by atoms with Gasteiger partial charge in [0.15, 0.2) is 5.82 Å². The number of halogens is 3. The van der Waals surface area contributed by atoms with Crippen LogP contribution in [0, 0.1) is 6.92 Å². The minimum atomic E-state index is -4.39. The van der Waals surface area contributed by atoms with Gasteiger partial charge in [-0.15, -0.1) is 0 Å². The molecule has 5 rings (SSSR count). The van der Waals surface area contributed by atoms with Crippen molar-refractivity contribution >= 4 is 22.5 Å². The quantitative estimate of drug-likeness (QED) is 0.387. The standard InChI is InChI=1S/C27H23F3N4O/c1-18-16-24(32-25(31-18)20-8-10-23(11-9-20)27(28,29)30)33-12-14-34(15-13-33)26(35)22-7-6-19-4-2-3-5-21(19)17-22/h2-11,16-17H,12-15H2,1H3. The fraction of sp³-hybridized carbons (Fsp3) is 0.222. The molecule has 0 atom stereocenters. The van der Waals surface area contributed by atoms with E-state index in [0.29, 0.717) is 48.9 Å². The molecule has 2 heterocycles. The molecule has 0 spiro atoms. The van der Waals surface area contributed by atoms with Crippen molar-refractivity contribution in [1.29, 1.82) is 0 Å². The fourth-order valence-electron chi connectivity index (χ4n) is 4.29. The molecule has 8 heteroatoms. The van der Waals surface area contributed by atoms with E-state index in [2.05, 4.69) is 14.9 Å². The molecule has 4 aromatic rings. The van der Waals surface area contributed by atoms with E-state index in [1.807, 2.05) is 60.4 Å². The predicted octanol–water partition coefficient (Wildman–Crippen LogP) is 5.59. The first-order valence-electron chi connectivity index (χ1n) is 11.3. The Morgan fingerprint density at radius 3 is 2.20 bits per heavy atom. The number of hydrogen-bond donors (Lipinski definition) is 0. The lowest BCUT2D eigenvalue weighted by Gasteiger charge is -2.35. The molecule has 0 unspecified atom stereocenters. The van der Waals surface area contributed by atoms with Crippen LogP contribution in [0.2, 0.25) is 0 Å². The lowest BCUT2D eigenvalue weighted by Crippen LogP contribution is -2.49. The summed E-state index contributed by atoms with van der Waals surface area (Å²) in [7, 11) is 0. The van der Waals surface area contributed by atoms with Crippen molar-refractivity contribution in [2.24, 2.45) is 0 Å². The lowest BCUT2D eigenvalue weighted by atomic mass is 10.1. The van der Waals surface area contributed by atoms with Gasteiger partial charge in [-0.25, -0.2) is 9.97 Å². The zero-order valence-electron chi connectivity index (χ0n) is 19.1. The molecule has 178 valence electrons. The topological polar surface area (TPSA) is 49.3 Å². The molecule has 1 aliphatic rings. The number of amides is 1. The summed E-state index contributed by atoms with van der Waals surface area (Å²) in [6.07, 6.45) is -4.39. The van der Waals surface area contributed by atoms with Crippen LogP contribution < -0.4 is 4.90 Å². The summed E-state index contributed by atoms with van der Waals surface area (Å²) in [5.74, 6) is 1.08. The number of aromatic nitrogens is 2. The van der Waals surface area contributed by atoms with E-state index in [0.717, 1.165) is 28.6 Å². The number of alkyl halides is 3. The van der Waals surface area contributed by atoms with E-state index in [1.165, 1.54) is 12.1 Å². The predicted molar refractivity (Wildman–Crippen MR) is 129 cm³/mol. The molecule has 1 aromatic heterocycles. The Hall–Kier alpha value is -3.94. The van der Waals surface area contributed by atoms with Gasteiger partial charge in [0.2, 0.25) is 0 Å². The van der Waals surface area contributed by atoms with Crippen molar-refractivity contribution in [3.8, 4) is 11.4 Å². The van der Waals surface area contributed by atoms with Gasteiger partial charge in [-0.05, 0) is 42.0 Å². The summed E-state index contributed by atoms with van der Waals surface area (Å²) in [4.78, 5) is 26.0. The van der Waals surface area contributed by atoms with Crippen LogP contribution in [0.1, 0.15) is 21.6 Å². The number of rotatable bonds is 3. The molecule has 1 aliphatic heterocycles. The van der Waals surface area contributed by atoms with Crippen LogP contribution in [0.25, 0.3) is 22.2 Å². The number of piperazine rings is 1. The van der Waals surface area contributed by atoms with Crippen LogP contribution in [0.4, 0.5) is 19.0 Å². The highest BCUT2D eigenvalue weighted by Crippen LogP contribution is 2.31. The smallest absolute Gasteiger partial charge is 0.353 e. The third-order valence-corrected chi connectivity index (χ3v) is 6.20. The summed E-state index contributed by atoms with van der Waals surface area (Å²) in [5.41, 5.74) is 1.20. The molecule has 3 aromatic carbocycles. The Morgan fingerprint density at radius 2 is 1.51 bits per heavy atom. The summed E-state index contributed by atoms with van der Waals surface area (Å²) in [6, 6.07) is 20.4. The minimum Gasteiger partial charge on any atom is -0.353 e. The molecule has 0 radical (unpaired) electrons. The summed E-state index contributed by atoms with van der Waals surface area (Å²) in [6.45, 7) is 4.12. The fourth-order valence-corrected chi connectivity index (χ4v) is 4.29.